The van der Waals surface area contributed by atoms with E-state index in [1.807, 2.05) is 0 Å². The first kappa shape index (κ1) is 15.4. The zero-order valence-corrected chi connectivity index (χ0v) is 12.1. The minimum absolute atomic E-state index is 0.00838. The lowest BCUT2D eigenvalue weighted by Crippen LogP contribution is -2.23. The second-order valence-corrected chi connectivity index (χ2v) is 6.20. The van der Waals surface area contributed by atoms with E-state index in [1.165, 1.54) is 36.5 Å². The van der Waals surface area contributed by atoms with Crippen LogP contribution in [0.1, 0.15) is 5.56 Å². The molecule has 1 N–H and O–H groups in total. The van der Waals surface area contributed by atoms with Gasteiger partial charge in [-0.15, -0.1) is 0 Å². The van der Waals surface area contributed by atoms with Gasteiger partial charge in [0.05, 0.1) is 9.95 Å². The molecule has 0 unspecified atom stereocenters. The number of hydrogen-bond acceptors (Lipinski definition) is 5. The third-order valence-electron chi connectivity index (χ3n) is 2.64. The van der Waals surface area contributed by atoms with Gasteiger partial charge in [0.1, 0.15) is 4.90 Å². The molecule has 0 fully saturated rings. The predicted octanol–water partition coefficient (Wildman–Crippen LogP) is 2.12. The first-order valence-electron chi connectivity index (χ1n) is 5.72. The molecule has 0 amide bonds. The average Bonchev–Trinajstić information content (AvgIpc) is 2.46. The van der Waals surface area contributed by atoms with Gasteiger partial charge in [-0.3, -0.25) is 15.1 Å². The maximum absolute atomic E-state index is 12.1. The minimum atomic E-state index is -3.79. The summed E-state index contributed by atoms with van der Waals surface area (Å²) < 4.78 is 26.5. The molecule has 2 aromatic rings. The molecule has 1 heterocycles. The number of nitrogens with one attached hydrogen (secondary N) is 1. The molecule has 7 nitrogen and oxygen atoms in total. The molecule has 0 bridgehead atoms. The summed E-state index contributed by atoms with van der Waals surface area (Å²) in [5.74, 6) is 0. The van der Waals surface area contributed by atoms with Crippen molar-refractivity contribution in [2.75, 3.05) is 0 Å². The Labute approximate surface area is 125 Å². The molecule has 2 rings (SSSR count). The van der Waals surface area contributed by atoms with Crippen molar-refractivity contribution in [3.63, 3.8) is 0 Å². The first-order valence-corrected chi connectivity index (χ1v) is 7.59. The van der Waals surface area contributed by atoms with Crippen LogP contribution in [0.5, 0.6) is 0 Å². The normalized spacial score (nSPS) is 11.3. The summed E-state index contributed by atoms with van der Waals surface area (Å²) in [6, 6.07) is 6.94. The topological polar surface area (TPSA) is 102 Å². The number of aromatic nitrogens is 1. The van der Waals surface area contributed by atoms with Crippen LogP contribution in [0.2, 0.25) is 5.02 Å². The Hall–Kier alpha value is -2.03. The van der Waals surface area contributed by atoms with Crippen LogP contribution in [0.3, 0.4) is 0 Å². The molecular weight excluding hydrogens is 318 g/mol. The minimum Gasteiger partial charge on any atom is -0.263 e. The van der Waals surface area contributed by atoms with E-state index in [0.717, 1.165) is 6.20 Å². The molecular formula is C12H10ClN3O4S. The number of nitrogens with zero attached hydrogens (tertiary/aromatic N) is 2. The van der Waals surface area contributed by atoms with Crippen LogP contribution in [0.25, 0.3) is 0 Å². The van der Waals surface area contributed by atoms with E-state index in [-0.39, 0.29) is 22.2 Å². The number of pyridine rings is 1. The van der Waals surface area contributed by atoms with E-state index in [0.29, 0.717) is 5.56 Å². The SMILES string of the molecule is O=[N+]([O-])c1ccc(CNS(=O)(=O)c2cnccc2Cl)cc1. The highest BCUT2D eigenvalue weighted by molar-refractivity contribution is 7.89. The Kier molecular flexibility index (Phi) is 4.51. The van der Waals surface area contributed by atoms with Crippen molar-refractivity contribution >= 4 is 27.3 Å². The fourth-order valence-corrected chi connectivity index (χ4v) is 3.00. The smallest absolute Gasteiger partial charge is 0.263 e. The molecule has 0 saturated heterocycles. The van der Waals surface area contributed by atoms with Crippen LogP contribution in [-0.4, -0.2) is 18.3 Å². The predicted molar refractivity (Wildman–Crippen MR) is 76.4 cm³/mol. The number of nitro benzene ring substituents is 1. The standard InChI is InChI=1S/C12H10ClN3O4S/c13-11-5-6-14-8-12(11)21(19,20)15-7-9-1-3-10(4-2-9)16(17)18/h1-6,8,15H,7H2. The molecule has 0 aliphatic rings. The Balaban J connectivity index is 2.12. The van der Waals surface area contributed by atoms with Gasteiger partial charge in [0.2, 0.25) is 10.0 Å². The van der Waals surface area contributed by atoms with Gasteiger partial charge in [0.25, 0.3) is 5.69 Å². The Bertz CT molecular complexity index is 762. The van der Waals surface area contributed by atoms with E-state index in [1.54, 1.807) is 0 Å². The Morgan fingerprint density at radius 1 is 1.24 bits per heavy atom. The molecule has 0 spiro atoms. The van der Waals surface area contributed by atoms with Crippen LogP contribution in [0.4, 0.5) is 5.69 Å². The number of non-ortho nitro benzene ring substituents is 1. The van der Waals surface area contributed by atoms with Crippen LogP contribution in [0, 0.1) is 10.1 Å². The summed E-state index contributed by atoms with van der Waals surface area (Å²) in [5.41, 5.74) is 0.529. The molecule has 1 aromatic carbocycles. The van der Waals surface area contributed by atoms with Crippen LogP contribution in [-0.2, 0) is 16.6 Å². The van der Waals surface area contributed by atoms with E-state index < -0.39 is 14.9 Å². The molecule has 0 atom stereocenters. The summed E-state index contributed by atoms with van der Waals surface area (Å²) in [7, 11) is -3.79. The van der Waals surface area contributed by atoms with Crippen molar-refractivity contribution in [3.8, 4) is 0 Å². The maximum Gasteiger partial charge on any atom is 0.269 e. The quantitative estimate of drug-likeness (QED) is 0.669. The van der Waals surface area contributed by atoms with Gasteiger partial charge in [0.15, 0.2) is 0 Å². The fraction of sp³-hybridized carbons (Fsp3) is 0.0833. The van der Waals surface area contributed by atoms with Crippen molar-refractivity contribution in [2.45, 2.75) is 11.4 Å². The lowest BCUT2D eigenvalue weighted by molar-refractivity contribution is -0.384. The van der Waals surface area contributed by atoms with Crippen molar-refractivity contribution in [3.05, 3.63) is 63.4 Å². The number of halogens is 1. The first-order chi connectivity index (χ1) is 9.90. The molecule has 0 aliphatic carbocycles. The third kappa shape index (κ3) is 3.75. The lowest BCUT2D eigenvalue weighted by Gasteiger charge is -2.07. The fourth-order valence-electron chi connectivity index (χ4n) is 1.55. The monoisotopic (exact) mass is 327 g/mol. The second-order valence-electron chi connectivity index (χ2n) is 4.05. The largest absolute Gasteiger partial charge is 0.269 e. The van der Waals surface area contributed by atoms with Crippen LogP contribution in [0.15, 0.2) is 47.6 Å². The Morgan fingerprint density at radius 2 is 1.90 bits per heavy atom. The van der Waals surface area contributed by atoms with Crippen molar-refractivity contribution in [1.82, 2.24) is 9.71 Å². The summed E-state index contributed by atoms with van der Waals surface area (Å²) in [5, 5.41) is 10.6. The number of nitro groups is 1. The lowest BCUT2D eigenvalue weighted by atomic mass is 10.2. The highest BCUT2D eigenvalue weighted by Crippen LogP contribution is 2.19. The third-order valence-corrected chi connectivity index (χ3v) is 4.51. The highest BCUT2D eigenvalue weighted by atomic mass is 35.5. The van der Waals surface area contributed by atoms with Crippen molar-refractivity contribution in [2.24, 2.45) is 0 Å². The van der Waals surface area contributed by atoms with Gasteiger partial charge in [-0.25, -0.2) is 13.1 Å². The summed E-state index contributed by atoms with van der Waals surface area (Å²) in [4.78, 5) is 13.6. The Morgan fingerprint density at radius 3 is 2.48 bits per heavy atom. The van der Waals surface area contributed by atoms with E-state index in [4.69, 9.17) is 11.6 Å². The van der Waals surface area contributed by atoms with Gasteiger partial charge in [-0.05, 0) is 11.6 Å². The highest BCUT2D eigenvalue weighted by Gasteiger charge is 2.17. The van der Waals surface area contributed by atoms with Gasteiger partial charge in [-0.1, -0.05) is 23.7 Å². The number of sulfonamides is 1. The zero-order chi connectivity index (χ0) is 15.5. The van der Waals surface area contributed by atoms with Gasteiger partial charge in [-0.2, -0.15) is 0 Å². The van der Waals surface area contributed by atoms with Crippen molar-refractivity contribution < 1.29 is 13.3 Å². The van der Waals surface area contributed by atoms with Gasteiger partial charge < -0.3 is 0 Å². The van der Waals surface area contributed by atoms with E-state index >= 15 is 0 Å². The van der Waals surface area contributed by atoms with E-state index in [9.17, 15) is 18.5 Å². The zero-order valence-electron chi connectivity index (χ0n) is 10.6. The molecule has 21 heavy (non-hydrogen) atoms. The number of rotatable bonds is 5. The second kappa shape index (κ2) is 6.17. The van der Waals surface area contributed by atoms with Crippen LogP contribution < -0.4 is 4.72 Å². The maximum atomic E-state index is 12.1. The summed E-state index contributed by atoms with van der Waals surface area (Å²) in [6.07, 6.45) is 2.54. The molecule has 1 aromatic heterocycles. The molecule has 0 saturated carbocycles. The van der Waals surface area contributed by atoms with Gasteiger partial charge >= 0.3 is 0 Å². The molecule has 0 aliphatic heterocycles. The average molecular weight is 328 g/mol. The summed E-state index contributed by atoms with van der Waals surface area (Å²) >= 11 is 5.81. The molecule has 0 radical (unpaired) electrons. The number of benzene rings is 1. The van der Waals surface area contributed by atoms with E-state index in [2.05, 4.69) is 9.71 Å². The summed E-state index contributed by atoms with van der Waals surface area (Å²) in [6.45, 7) is -0.00838. The number of hydrogen-bond donors (Lipinski definition) is 1. The van der Waals surface area contributed by atoms with Crippen molar-refractivity contribution in [1.29, 1.82) is 0 Å². The molecule has 9 heteroatoms. The molecule has 110 valence electrons. The van der Waals surface area contributed by atoms with Crippen LogP contribution >= 0.6 is 11.6 Å². The van der Waals surface area contributed by atoms with Gasteiger partial charge in [0, 0.05) is 31.1 Å².